The third kappa shape index (κ3) is 1.56. The number of hydrogen-bond donors (Lipinski definition) is 0. The van der Waals surface area contributed by atoms with Gasteiger partial charge in [0.25, 0.3) is 0 Å². The largest absolute Gasteiger partial charge is 0.299 e. The van der Waals surface area contributed by atoms with Crippen molar-refractivity contribution >= 4 is 11.0 Å². The van der Waals surface area contributed by atoms with Crippen LogP contribution in [0.25, 0.3) is 16.7 Å². The number of nitriles is 1. The predicted molar refractivity (Wildman–Crippen MR) is 70.5 cm³/mol. The second kappa shape index (κ2) is 4.01. The highest BCUT2D eigenvalue weighted by Crippen LogP contribution is 2.22. The maximum Gasteiger partial charge on any atom is 0.144 e. The summed E-state index contributed by atoms with van der Waals surface area (Å²) in [5, 5.41) is 9.94. The fraction of sp³-hybridized carbons (Fsp3) is 0.0667. The van der Waals surface area contributed by atoms with Gasteiger partial charge in [-0.25, -0.2) is 4.98 Å². The highest BCUT2D eigenvalue weighted by molar-refractivity contribution is 5.79. The smallest absolute Gasteiger partial charge is 0.144 e. The zero-order valence-corrected chi connectivity index (χ0v) is 9.96. The lowest BCUT2D eigenvalue weighted by Gasteiger charge is -2.07. The van der Waals surface area contributed by atoms with Gasteiger partial charge in [0.2, 0.25) is 0 Å². The van der Waals surface area contributed by atoms with Crippen molar-refractivity contribution < 1.29 is 0 Å². The molecular formula is C15H11N3. The van der Waals surface area contributed by atoms with Crippen LogP contribution in [0.4, 0.5) is 0 Å². The number of nitrogens with zero attached hydrogens (tertiary/aromatic N) is 3. The van der Waals surface area contributed by atoms with Gasteiger partial charge in [-0.05, 0) is 49.4 Å². The van der Waals surface area contributed by atoms with E-state index in [1.807, 2.05) is 30.3 Å². The van der Waals surface area contributed by atoms with E-state index in [1.54, 1.807) is 6.20 Å². The van der Waals surface area contributed by atoms with Crippen LogP contribution in [0, 0.1) is 18.3 Å². The summed E-state index contributed by atoms with van der Waals surface area (Å²) in [6.07, 6.45) is 1.79. The summed E-state index contributed by atoms with van der Waals surface area (Å²) >= 11 is 0. The van der Waals surface area contributed by atoms with E-state index >= 15 is 0 Å². The van der Waals surface area contributed by atoms with Crippen molar-refractivity contribution in [2.75, 3.05) is 0 Å². The van der Waals surface area contributed by atoms with E-state index in [2.05, 4.69) is 34.7 Å². The third-order valence-corrected chi connectivity index (χ3v) is 3.00. The number of benzene rings is 1. The van der Waals surface area contributed by atoms with Gasteiger partial charge >= 0.3 is 0 Å². The second-order valence-electron chi connectivity index (χ2n) is 4.20. The van der Waals surface area contributed by atoms with Gasteiger partial charge in [-0.15, -0.1) is 0 Å². The zero-order valence-electron chi connectivity index (χ0n) is 9.96. The van der Waals surface area contributed by atoms with Crippen molar-refractivity contribution in [1.29, 1.82) is 5.26 Å². The predicted octanol–water partition coefficient (Wildman–Crippen LogP) is 3.21. The number of aryl methyl sites for hydroxylation is 1. The Labute approximate surface area is 105 Å². The normalized spacial score (nSPS) is 10.4. The average molecular weight is 233 g/mol. The molecule has 0 aliphatic rings. The zero-order chi connectivity index (χ0) is 12.5. The molecule has 0 atom stereocenters. The molecule has 0 unspecified atom stereocenters. The van der Waals surface area contributed by atoms with Gasteiger partial charge in [-0.2, -0.15) is 5.26 Å². The summed E-state index contributed by atoms with van der Waals surface area (Å²) in [5.41, 5.74) is 3.77. The van der Waals surface area contributed by atoms with Crippen LogP contribution in [-0.2, 0) is 0 Å². The number of fused-ring (bicyclic) bond motifs is 1. The summed E-state index contributed by atoms with van der Waals surface area (Å²) < 4.78 is 2.09. The lowest BCUT2D eigenvalue weighted by molar-refractivity contribution is 1.03. The van der Waals surface area contributed by atoms with E-state index in [-0.39, 0.29) is 0 Å². The van der Waals surface area contributed by atoms with Gasteiger partial charge in [-0.3, -0.25) is 4.57 Å². The Morgan fingerprint density at radius 2 is 1.94 bits per heavy atom. The van der Waals surface area contributed by atoms with Gasteiger partial charge < -0.3 is 0 Å². The molecule has 0 saturated heterocycles. The van der Waals surface area contributed by atoms with Crippen molar-refractivity contribution in [2.45, 2.75) is 6.92 Å². The Balaban J connectivity index is 2.24. The molecule has 0 amide bonds. The molecule has 3 heteroatoms. The van der Waals surface area contributed by atoms with E-state index in [0.717, 1.165) is 22.4 Å². The first-order valence-electron chi connectivity index (χ1n) is 5.73. The van der Waals surface area contributed by atoms with E-state index < -0.39 is 0 Å². The van der Waals surface area contributed by atoms with Crippen LogP contribution in [0.3, 0.4) is 0 Å². The number of rotatable bonds is 1. The molecule has 0 aliphatic heterocycles. The number of aromatic nitrogens is 2. The topological polar surface area (TPSA) is 41.6 Å². The molecule has 0 aliphatic carbocycles. The van der Waals surface area contributed by atoms with E-state index in [4.69, 9.17) is 5.26 Å². The summed E-state index contributed by atoms with van der Waals surface area (Å²) in [6.45, 7) is 2.06. The molecule has 2 heterocycles. The van der Waals surface area contributed by atoms with Gasteiger partial charge in [0.15, 0.2) is 0 Å². The standard InChI is InChI=1S/C15H11N3/c1-11-9-13-3-2-8-17-15(13)18(11)14-6-4-12(10-16)5-7-14/h2-9H,1H3. The van der Waals surface area contributed by atoms with Crippen LogP contribution < -0.4 is 0 Å². The van der Waals surface area contributed by atoms with Crippen LogP contribution >= 0.6 is 0 Å². The molecule has 0 spiro atoms. The van der Waals surface area contributed by atoms with Gasteiger partial charge in [0, 0.05) is 23.0 Å². The minimum atomic E-state index is 0.667. The fourth-order valence-electron chi connectivity index (χ4n) is 2.18. The Morgan fingerprint density at radius 1 is 1.17 bits per heavy atom. The van der Waals surface area contributed by atoms with Crippen LogP contribution in [0.15, 0.2) is 48.7 Å². The lowest BCUT2D eigenvalue weighted by atomic mass is 10.2. The van der Waals surface area contributed by atoms with E-state index in [9.17, 15) is 0 Å². The Bertz CT molecular complexity index is 745. The van der Waals surface area contributed by atoms with Crippen LogP contribution in [-0.4, -0.2) is 9.55 Å². The highest BCUT2D eigenvalue weighted by atomic mass is 15.0. The molecule has 0 N–H and O–H groups in total. The highest BCUT2D eigenvalue weighted by Gasteiger charge is 2.07. The molecule has 3 nitrogen and oxygen atoms in total. The minimum absolute atomic E-state index is 0.667. The fourth-order valence-corrected chi connectivity index (χ4v) is 2.18. The summed E-state index contributed by atoms with van der Waals surface area (Å²) in [5.74, 6) is 0. The molecule has 18 heavy (non-hydrogen) atoms. The van der Waals surface area contributed by atoms with Crippen LogP contribution in [0.5, 0.6) is 0 Å². The van der Waals surface area contributed by atoms with E-state index in [1.165, 1.54) is 0 Å². The minimum Gasteiger partial charge on any atom is -0.299 e. The lowest BCUT2D eigenvalue weighted by Crippen LogP contribution is -1.97. The third-order valence-electron chi connectivity index (χ3n) is 3.00. The van der Waals surface area contributed by atoms with Crippen molar-refractivity contribution in [1.82, 2.24) is 9.55 Å². The maximum atomic E-state index is 8.82. The van der Waals surface area contributed by atoms with Crippen LogP contribution in [0.1, 0.15) is 11.3 Å². The summed E-state index contributed by atoms with van der Waals surface area (Å²) in [4.78, 5) is 4.42. The molecule has 0 radical (unpaired) electrons. The van der Waals surface area contributed by atoms with Gasteiger partial charge in [0.05, 0.1) is 11.6 Å². The second-order valence-corrected chi connectivity index (χ2v) is 4.20. The molecule has 0 saturated carbocycles. The first kappa shape index (κ1) is 10.5. The van der Waals surface area contributed by atoms with Crippen molar-refractivity contribution in [3.63, 3.8) is 0 Å². The molecule has 3 aromatic rings. The molecule has 2 aromatic heterocycles. The van der Waals surface area contributed by atoms with Crippen molar-refractivity contribution in [3.8, 4) is 11.8 Å². The molecular weight excluding hydrogens is 222 g/mol. The summed E-state index contributed by atoms with van der Waals surface area (Å²) in [6, 6.07) is 15.8. The summed E-state index contributed by atoms with van der Waals surface area (Å²) in [7, 11) is 0. The Hall–Kier alpha value is -2.60. The SMILES string of the molecule is Cc1cc2cccnc2n1-c1ccc(C#N)cc1. The quantitative estimate of drug-likeness (QED) is 0.647. The molecule has 86 valence electrons. The Morgan fingerprint density at radius 3 is 2.67 bits per heavy atom. The number of hydrogen-bond acceptors (Lipinski definition) is 2. The van der Waals surface area contributed by atoms with Gasteiger partial charge in [0.1, 0.15) is 5.65 Å². The van der Waals surface area contributed by atoms with Gasteiger partial charge in [-0.1, -0.05) is 0 Å². The number of pyridine rings is 1. The van der Waals surface area contributed by atoms with Crippen molar-refractivity contribution in [2.24, 2.45) is 0 Å². The molecule has 1 aromatic carbocycles. The monoisotopic (exact) mass is 233 g/mol. The van der Waals surface area contributed by atoms with Crippen molar-refractivity contribution in [3.05, 3.63) is 59.9 Å². The maximum absolute atomic E-state index is 8.82. The Kier molecular flexibility index (Phi) is 2.35. The molecule has 0 fully saturated rings. The van der Waals surface area contributed by atoms with E-state index in [0.29, 0.717) is 5.56 Å². The molecule has 3 rings (SSSR count). The first-order valence-corrected chi connectivity index (χ1v) is 5.73. The molecule has 0 bridgehead atoms. The van der Waals surface area contributed by atoms with Crippen LogP contribution in [0.2, 0.25) is 0 Å². The first-order chi connectivity index (χ1) is 8.79. The average Bonchev–Trinajstić information content (AvgIpc) is 2.75.